The van der Waals surface area contributed by atoms with Gasteiger partial charge in [-0.15, -0.1) is 0 Å². The number of hydrogen-bond acceptors (Lipinski definition) is 4. The summed E-state index contributed by atoms with van der Waals surface area (Å²) >= 11 is 0. The van der Waals surface area contributed by atoms with Gasteiger partial charge in [-0.2, -0.15) is 0 Å². The van der Waals surface area contributed by atoms with Gasteiger partial charge in [0, 0.05) is 43.8 Å². The van der Waals surface area contributed by atoms with Crippen molar-refractivity contribution in [3.8, 4) is 5.75 Å². The first-order valence-electron chi connectivity index (χ1n) is 7.83. The topological polar surface area (TPSA) is 65.9 Å². The molecular weight excluding hydrogens is 294 g/mol. The monoisotopic (exact) mass is 315 g/mol. The van der Waals surface area contributed by atoms with Crippen molar-refractivity contribution >= 4 is 17.0 Å². The number of aryl methyl sites for hydroxylation is 1. The van der Waals surface area contributed by atoms with Gasteiger partial charge in [-0.3, -0.25) is 9.88 Å². The molecule has 0 radical (unpaired) electrons. The Hall–Kier alpha value is -2.34. The SMILES string of the molecule is Cc1ccc2c(OCCN3CCN(C(=O)O)CC3)cccc2n1. The molecule has 3 rings (SSSR count). The number of nitrogens with zero attached hydrogens (tertiary/aromatic N) is 3. The van der Waals surface area contributed by atoms with Crippen molar-refractivity contribution in [1.29, 1.82) is 0 Å². The highest BCUT2D eigenvalue weighted by atomic mass is 16.5. The van der Waals surface area contributed by atoms with Crippen molar-refractivity contribution in [3.63, 3.8) is 0 Å². The minimum atomic E-state index is -0.834. The number of piperazine rings is 1. The van der Waals surface area contributed by atoms with Gasteiger partial charge in [-0.25, -0.2) is 4.79 Å². The van der Waals surface area contributed by atoms with Gasteiger partial charge in [0.25, 0.3) is 0 Å². The number of rotatable bonds is 4. The van der Waals surface area contributed by atoms with Gasteiger partial charge in [-0.05, 0) is 31.2 Å². The zero-order valence-corrected chi connectivity index (χ0v) is 13.2. The average Bonchev–Trinajstić information content (AvgIpc) is 2.55. The van der Waals surface area contributed by atoms with Gasteiger partial charge < -0.3 is 14.7 Å². The largest absolute Gasteiger partial charge is 0.492 e. The summed E-state index contributed by atoms with van der Waals surface area (Å²) in [6.07, 6.45) is -0.834. The quantitative estimate of drug-likeness (QED) is 0.937. The Morgan fingerprint density at radius 2 is 2.00 bits per heavy atom. The number of hydrogen-bond donors (Lipinski definition) is 1. The smallest absolute Gasteiger partial charge is 0.407 e. The van der Waals surface area contributed by atoms with Crippen LogP contribution in [-0.4, -0.2) is 65.3 Å². The summed E-state index contributed by atoms with van der Waals surface area (Å²) in [5.41, 5.74) is 1.93. The van der Waals surface area contributed by atoms with E-state index in [0.29, 0.717) is 19.7 Å². The number of aromatic nitrogens is 1. The van der Waals surface area contributed by atoms with Gasteiger partial charge in [0.2, 0.25) is 0 Å². The summed E-state index contributed by atoms with van der Waals surface area (Å²) < 4.78 is 5.92. The van der Waals surface area contributed by atoms with E-state index in [9.17, 15) is 4.79 Å². The Bertz CT molecular complexity index is 697. The van der Waals surface area contributed by atoms with Crippen LogP contribution >= 0.6 is 0 Å². The molecule has 1 aliphatic rings. The van der Waals surface area contributed by atoms with Crippen LogP contribution in [0.5, 0.6) is 5.75 Å². The molecular formula is C17H21N3O3. The van der Waals surface area contributed by atoms with Crippen molar-refractivity contribution in [2.75, 3.05) is 39.3 Å². The van der Waals surface area contributed by atoms with Crippen LogP contribution in [0.1, 0.15) is 5.69 Å². The lowest BCUT2D eigenvalue weighted by molar-refractivity contribution is 0.0986. The minimum Gasteiger partial charge on any atom is -0.492 e. The molecule has 6 nitrogen and oxygen atoms in total. The van der Waals surface area contributed by atoms with Crippen LogP contribution < -0.4 is 4.74 Å². The van der Waals surface area contributed by atoms with Crippen molar-refractivity contribution in [1.82, 2.24) is 14.8 Å². The van der Waals surface area contributed by atoms with Crippen LogP contribution in [0.15, 0.2) is 30.3 Å². The maximum atomic E-state index is 10.9. The third-order valence-corrected chi connectivity index (χ3v) is 4.14. The van der Waals surface area contributed by atoms with E-state index in [1.54, 1.807) is 0 Å². The summed E-state index contributed by atoms with van der Waals surface area (Å²) in [6.45, 7) is 5.99. The third kappa shape index (κ3) is 3.71. The summed E-state index contributed by atoms with van der Waals surface area (Å²) in [7, 11) is 0. The van der Waals surface area contributed by atoms with Gasteiger partial charge in [-0.1, -0.05) is 6.07 Å². The van der Waals surface area contributed by atoms with E-state index in [1.165, 1.54) is 4.90 Å². The number of amides is 1. The van der Waals surface area contributed by atoms with E-state index in [1.807, 2.05) is 37.3 Å². The standard InChI is InChI=1S/C17H21N3O3/c1-13-5-6-14-15(18-13)3-2-4-16(14)23-12-11-19-7-9-20(10-8-19)17(21)22/h2-6H,7-12H2,1H3,(H,21,22). The zero-order valence-electron chi connectivity index (χ0n) is 13.2. The molecule has 2 heterocycles. The molecule has 1 fully saturated rings. The van der Waals surface area contributed by atoms with Crippen LogP contribution in [-0.2, 0) is 0 Å². The van der Waals surface area contributed by atoms with E-state index < -0.39 is 6.09 Å². The molecule has 0 spiro atoms. The van der Waals surface area contributed by atoms with Crippen LogP contribution in [0.4, 0.5) is 4.79 Å². The Balaban J connectivity index is 1.54. The Kier molecular flexibility index (Phi) is 4.62. The van der Waals surface area contributed by atoms with Crippen LogP contribution in [0, 0.1) is 6.92 Å². The van der Waals surface area contributed by atoms with E-state index in [0.717, 1.165) is 42.0 Å². The fraction of sp³-hybridized carbons (Fsp3) is 0.412. The minimum absolute atomic E-state index is 0.562. The maximum absolute atomic E-state index is 10.9. The molecule has 2 aromatic rings. The Morgan fingerprint density at radius 1 is 1.22 bits per heavy atom. The molecule has 0 aliphatic carbocycles. The van der Waals surface area contributed by atoms with Crippen molar-refractivity contribution in [2.45, 2.75) is 6.92 Å². The number of carboxylic acid groups (broad SMARTS) is 1. The van der Waals surface area contributed by atoms with E-state index in [-0.39, 0.29) is 0 Å². The molecule has 122 valence electrons. The van der Waals surface area contributed by atoms with E-state index in [4.69, 9.17) is 9.84 Å². The molecule has 1 aromatic heterocycles. The molecule has 0 atom stereocenters. The normalized spacial score (nSPS) is 15.8. The van der Waals surface area contributed by atoms with Gasteiger partial charge >= 0.3 is 6.09 Å². The molecule has 6 heteroatoms. The summed E-state index contributed by atoms with van der Waals surface area (Å²) in [5, 5.41) is 9.97. The first-order valence-corrected chi connectivity index (χ1v) is 7.83. The van der Waals surface area contributed by atoms with Crippen molar-refractivity contribution in [3.05, 3.63) is 36.0 Å². The van der Waals surface area contributed by atoms with Gasteiger partial charge in [0.05, 0.1) is 5.52 Å². The fourth-order valence-corrected chi connectivity index (χ4v) is 2.80. The second kappa shape index (κ2) is 6.83. The number of benzene rings is 1. The van der Waals surface area contributed by atoms with Crippen molar-refractivity contribution in [2.24, 2.45) is 0 Å². The highest BCUT2D eigenvalue weighted by Gasteiger charge is 2.19. The fourth-order valence-electron chi connectivity index (χ4n) is 2.80. The van der Waals surface area contributed by atoms with Gasteiger partial charge in [0.15, 0.2) is 0 Å². The lowest BCUT2D eigenvalue weighted by Gasteiger charge is -2.32. The Labute approximate surface area is 135 Å². The molecule has 23 heavy (non-hydrogen) atoms. The number of ether oxygens (including phenoxy) is 1. The number of carbonyl (C=O) groups is 1. The molecule has 0 bridgehead atoms. The molecule has 1 aliphatic heterocycles. The molecule has 1 aromatic carbocycles. The maximum Gasteiger partial charge on any atom is 0.407 e. The predicted octanol–water partition coefficient (Wildman–Crippen LogP) is 2.22. The predicted molar refractivity (Wildman–Crippen MR) is 88.0 cm³/mol. The summed E-state index contributed by atoms with van der Waals surface area (Å²) in [4.78, 5) is 19.1. The number of pyridine rings is 1. The van der Waals surface area contributed by atoms with E-state index in [2.05, 4.69) is 9.88 Å². The Morgan fingerprint density at radius 3 is 2.74 bits per heavy atom. The molecule has 1 saturated heterocycles. The summed E-state index contributed by atoms with van der Waals surface area (Å²) in [6, 6.07) is 9.93. The van der Waals surface area contributed by atoms with Crippen LogP contribution in [0.2, 0.25) is 0 Å². The second-order valence-corrected chi connectivity index (χ2v) is 5.74. The number of fused-ring (bicyclic) bond motifs is 1. The summed E-state index contributed by atoms with van der Waals surface area (Å²) in [5.74, 6) is 0.846. The van der Waals surface area contributed by atoms with Gasteiger partial charge in [0.1, 0.15) is 12.4 Å². The molecule has 1 amide bonds. The van der Waals surface area contributed by atoms with E-state index >= 15 is 0 Å². The highest BCUT2D eigenvalue weighted by Crippen LogP contribution is 2.24. The van der Waals surface area contributed by atoms with Crippen molar-refractivity contribution < 1.29 is 14.6 Å². The molecule has 1 N–H and O–H groups in total. The highest BCUT2D eigenvalue weighted by molar-refractivity contribution is 5.85. The molecule has 0 unspecified atom stereocenters. The zero-order chi connectivity index (χ0) is 16.2. The average molecular weight is 315 g/mol. The molecule has 0 saturated carbocycles. The first kappa shape index (κ1) is 15.6. The second-order valence-electron chi connectivity index (χ2n) is 5.74. The first-order chi connectivity index (χ1) is 11.1. The lowest BCUT2D eigenvalue weighted by atomic mass is 10.2. The third-order valence-electron chi connectivity index (χ3n) is 4.14. The van der Waals surface area contributed by atoms with Crippen LogP contribution in [0.3, 0.4) is 0 Å². The van der Waals surface area contributed by atoms with Crippen LogP contribution in [0.25, 0.3) is 10.9 Å². The lowest BCUT2D eigenvalue weighted by Crippen LogP contribution is -2.49.